The summed E-state index contributed by atoms with van der Waals surface area (Å²) in [5.74, 6) is 1.15. The lowest BCUT2D eigenvalue weighted by atomic mass is 10.1. The molecule has 0 unspecified atom stereocenters. The zero-order chi connectivity index (χ0) is 13.0. The number of nitrogens with two attached hydrogens (primary N) is 1. The van der Waals surface area contributed by atoms with E-state index in [2.05, 4.69) is 24.2 Å². The number of aryl methyl sites for hydroxylation is 1. The number of aromatic nitrogens is 1. The summed E-state index contributed by atoms with van der Waals surface area (Å²) in [4.78, 5) is 4.67. The topological polar surface area (TPSA) is 38.9 Å². The lowest BCUT2D eigenvalue weighted by Gasteiger charge is -2.02. The van der Waals surface area contributed by atoms with Gasteiger partial charge in [0.2, 0.25) is 0 Å². The van der Waals surface area contributed by atoms with Gasteiger partial charge >= 0.3 is 0 Å². The Morgan fingerprint density at radius 1 is 1.28 bits per heavy atom. The molecule has 0 radical (unpaired) electrons. The maximum Gasteiger partial charge on any atom is 0.0940 e. The highest BCUT2D eigenvalue weighted by molar-refractivity contribution is 7.99. The van der Waals surface area contributed by atoms with Crippen LogP contribution in [-0.4, -0.2) is 16.0 Å². The maximum atomic E-state index is 5.68. The van der Waals surface area contributed by atoms with Crippen molar-refractivity contribution in [2.24, 2.45) is 0 Å². The molecule has 0 aliphatic rings. The van der Waals surface area contributed by atoms with Crippen LogP contribution >= 0.6 is 23.1 Å². The lowest BCUT2D eigenvalue weighted by Crippen LogP contribution is -1.93. The van der Waals surface area contributed by atoms with Crippen molar-refractivity contribution in [1.29, 1.82) is 0 Å². The van der Waals surface area contributed by atoms with Crippen LogP contribution in [0.5, 0.6) is 0 Å². The fourth-order valence-electron chi connectivity index (χ4n) is 1.59. The number of hydrogen-bond donors (Lipinski definition) is 1. The van der Waals surface area contributed by atoms with E-state index < -0.39 is 0 Å². The van der Waals surface area contributed by atoms with E-state index in [1.54, 1.807) is 11.3 Å². The van der Waals surface area contributed by atoms with Crippen LogP contribution < -0.4 is 5.73 Å². The normalized spacial score (nSPS) is 11.1. The van der Waals surface area contributed by atoms with Gasteiger partial charge in [0.25, 0.3) is 0 Å². The number of anilines is 1. The largest absolute Gasteiger partial charge is 0.399 e. The molecule has 2 aromatic rings. The Kier molecular flexibility index (Phi) is 4.66. The molecule has 1 heterocycles. The molecule has 1 aromatic heterocycles. The van der Waals surface area contributed by atoms with E-state index >= 15 is 0 Å². The minimum Gasteiger partial charge on any atom is -0.399 e. The van der Waals surface area contributed by atoms with Crippen molar-refractivity contribution in [3.8, 4) is 11.3 Å². The van der Waals surface area contributed by atoms with Gasteiger partial charge in [-0.3, -0.25) is 0 Å². The minimum absolute atomic E-state index is 0.696. The van der Waals surface area contributed by atoms with Crippen molar-refractivity contribution in [3.63, 3.8) is 0 Å². The average Bonchev–Trinajstić information content (AvgIpc) is 2.78. The van der Waals surface area contributed by atoms with Gasteiger partial charge in [0.15, 0.2) is 0 Å². The van der Waals surface area contributed by atoms with Crippen LogP contribution in [0.1, 0.15) is 18.9 Å². The van der Waals surface area contributed by atoms with Gasteiger partial charge in [-0.05, 0) is 23.1 Å². The molecule has 2 rings (SSSR count). The first-order valence-corrected chi connectivity index (χ1v) is 8.00. The van der Waals surface area contributed by atoms with Gasteiger partial charge in [-0.2, -0.15) is 11.8 Å². The Morgan fingerprint density at radius 3 is 2.67 bits per heavy atom. The van der Waals surface area contributed by atoms with Crippen LogP contribution in [0.15, 0.2) is 29.6 Å². The zero-order valence-electron chi connectivity index (χ0n) is 10.7. The van der Waals surface area contributed by atoms with Crippen LogP contribution in [0.2, 0.25) is 0 Å². The van der Waals surface area contributed by atoms with Crippen molar-refractivity contribution in [1.82, 2.24) is 4.98 Å². The number of benzene rings is 1. The summed E-state index contributed by atoms with van der Waals surface area (Å²) in [6.45, 7) is 4.46. The molecule has 1 aromatic carbocycles. The SMILES string of the molecule is CC(C)SCCc1nc(-c2ccc(N)cc2)cs1. The number of nitrogens with zero attached hydrogens (tertiary/aromatic N) is 1. The van der Waals surface area contributed by atoms with Crippen molar-refractivity contribution in [2.45, 2.75) is 25.5 Å². The second kappa shape index (κ2) is 6.25. The molecule has 0 aliphatic heterocycles. The number of hydrogen-bond acceptors (Lipinski definition) is 4. The van der Waals surface area contributed by atoms with Crippen molar-refractivity contribution in [3.05, 3.63) is 34.7 Å². The molecule has 0 saturated carbocycles. The third kappa shape index (κ3) is 3.75. The highest BCUT2D eigenvalue weighted by Crippen LogP contribution is 2.24. The fourth-order valence-corrected chi connectivity index (χ4v) is 3.31. The Balaban J connectivity index is 1.99. The first kappa shape index (κ1) is 13.4. The Morgan fingerprint density at radius 2 is 2.00 bits per heavy atom. The van der Waals surface area contributed by atoms with Crippen LogP contribution in [0.4, 0.5) is 5.69 Å². The molecule has 18 heavy (non-hydrogen) atoms. The van der Waals surface area contributed by atoms with Crippen molar-refractivity contribution >= 4 is 28.8 Å². The van der Waals surface area contributed by atoms with E-state index in [4.69, 9.17) is 5.73 Å². The van der Waals surface area contributed by atoms with E-state index in [1.807, 2.05) is 36.0 Å². The molecule has 0 bridgehead atoms. The molecular formula is C14H18N2S2. The molecular weight excluding hydrogens is 260 g/mol. The summed E-state index contributed by atoms with van der Waals surface area (Å²) >= 11 is 3.73. The monoisotopic (exact) mass is 278 g/mol. The summed E-state index contributed by atoms with van der Waals surface area (Å²) in [5.41, 5.74) is 8.68. The number of thiazole rings is 1. The van der Waals surface area contributed by atoms with Gasteiger partial charge in [0, 0.05) is 23.1 Å². The van der Waals surface area contributed by atoms with Gasteiger partial charge in [0.05, 0.1) is 10.7 Å². The molecule has 96 valence electrons. The highest BCUT2D eigenvalue weighted by Gasteiger charge is 2.05. The molecule has 0 atom stereocenters. The first-order valence-electron chi connectivity index (χ1n) is 6.07. The summed E-state index contributed by atoms with van der Waals surface area (Å²) in [6.07, 6.45) is 1.06. The van der Waals surface area contributed by atoms with Gasteiger partial charge in [-0.15, -0.1) is 11.3 Å². The maximum absolute atomic E-state index is 5.68. The smallest absolute Gasteiger partial charge is 0.0940 e. The number of thioether (sulfide) groups is 1. The standard InChI is InChI=1S/C14H18N2S2/c1-10(2)17-8-7-14-16-13(9-18-14)11-3-5-12(15)6-4-11/h3-6,9-10H,7-8,15H2,1-2H3. The molecule has 2 N–H and O–H groups in total. The van der Waals surface area contributed by atoms with Crippen molar-refractivity contribution in [2.75, 3.05) is 11.5 Å². The van der Waals surface area contributed by atoms with Crippen LogP contribution in [0.3, 0.4) is 0 Å². The van der Waals surface area contributed by atoms with Gasteiger partial charge in [-0.25, -0.2) is 4.98 Å². The molecule has 0 aliphatic carbocycles. The third-order valence-electron chi connectivity index (χ3n) is 2.53. The summed E-state index contributed by atoms with van der Waals surface area (Å²) in [6, 6.07) is 7.89. The molecule has 0 amide bonds. The van der Waals surface area contributed by atoms with E-state index in [0.717, 1.165) is 29.1 Å². The predicted octanol–water partition coefficient (Wildman–Crippen LogP) is 4.08. The highest BCUT2D eigenvalue weighted by atomic mass is 32.2. The van der Waals surface area contributed by atoms with Crippen LogP contribution in [-0.2, 0) is 6.42 Å². The minimum atomic E-state index is 0.696. The second-order valence-electron chi connectivity index (χ2n) is 4.42. The quantitative estimate of drug-likeness (QED) is 0.838. The molecule has 4 heteroatoms. The zero-order valence-corrected chi connectivity index (χ0v) is 12.4. The molecule has 0 saturated heterocycles. The molecule has 2 nitrogen and oxygen atoms in total. The van der Waals surface area contributed by atoms with E-state index in [9.17, 15) is 0 Å². The van der Waals surface area contributed by atoms with Gasteiger partial charge in [-0.1, -0.05) is 26.0 Å². The number of rotatable bonds is 5. The van der Waals surface area contributed by atoms with Gasteiger partial charge in [0.1, 0.15) is 0 Å². The van der Waals surface area contributed by atoms with Crippen LogP contribution in [0.25, 0.3) is 11.3 Å². The second-order valence-corrected chi connectivity index (χ2v) is 7.05. The average molecular weight is 278 g/mol. The fraction of sp³-hybridized carbons (Fsp3) is 0.357. The number of nitrogen functional groups attached to an aromatic ring is 1. The first-order chi connectivity index (χ1) is 8.65. The molecule has 0 fully saturated rings. The predicted molar refractivity (Wildman–Crippen MR) is 83.3 cm³/mol. The van der Waals surface area contributed by atoms with Crippen molar-refractivity contribution < 1.29 is 0 Å². The Bertz CT molecular complexity index is 489. The Hall–Kier alpha value is -1.00. The summed E-state index contributed by atoms with van der Waals surface area (Å²) < 4.78 is 0. The third-order valence-corrected chi connectivity index (χ3v) is 4.54. The summed E-state index contributed by atoms with van der Waals surface area (Å²) in [5, 5.41) is 4.04. The molecule has 0 spiro atoms. The van der Waals surface area contributed by atoms with Gasteiger partial charge < -0.3 is 5.73 Å². The lowest BCUT2D eigenvalue weighted by molar-refractivity contribution is 1.07. The Labute approximate surface area is 117 Å². The van der Waals surface area contributed by atoms with E-state index in [0.29, 0.717) is 5.25 Å². The summed E-state index contributed by atoms with van der Waals surface area (Å²) in [7, 11) is 0. The van der Waals surface area contributed by atoms with E-state index in [1.165, 1.54) is 5.01 Å². The van der Waals surface area contributed by atoms with Crippen LogP contribution in [0, 0.1) is 0 Å². The van der Waals surface area contributed by atoms with E-state index in [-0.39, 0.29) is 0 Å².